The number of piperidine rings is 1. The lowest BCUT2D eigenvalue weighted by atomic mass is 10.1. The summed E-state index contributed by atoms with van der Waals surface area (Å²) < 4.78 is 11.5. The van der Waals surface area contributed by atoms with Crippen molar-refractivity contribution in [3.63, 3.8) is 0 Å². The van der Waals surface area contributed by atoms with Gasteiger partial charge in [0.25, 0.3) is 0 Å². The van der Waals surface area contributed by atoms with E-state index in [1.165, 1.54) is 5.56 Å². The molecule has 2 N–H and O–H groups in total. The van der Waals surface area contributed by atoms with E-state index >= 15 is 0 Å². The fourth-order valence-electron chi connectivity index (χ4n) is 2.75. The van der Waals surface area contributed by atoms with Gasteiger partial charge in [-0.05, 0) is 50.4 Å². The Morgan fingerprint density at radius 2 is 1.90 bits per heavy atom. The molecule has 4 heteroatoms. The Kier molecular flexibility index (Phi) is 7.00. The summed E-state index contributed by atoms with van der Waals surface area (Å²) in [6.07, 6.45) is 3.67. The highest BCUT2D eigenvalue weighted by molar-refractivity contribution is 5.27. The first-order valence-corrected chi connectivity index (χ1v) is 8.07. The molecule has 1 aromatic rings. The molecule has 1 fully saturated rings. The van der Waals surface area contributed by atoms with Gasteiger partial charge in [0, 0.05) is 26.2 Å². The fourth-order valence-corrected chi connectivity index (χ4v) is 2.75. The zero-order chi connectivity index (χ0) is 14.9. The maximum absolute atomic E-state index is 5.81. The number of nitrogens with zero attached hydrogens (tertiary/aromatic N) is 1. The molecule has 1 aliphatic heterocycles. The van der Waals surface area contributed by atoms with E-state index in [1.807, 2.05) is 12.1 Å². The van der Waals surface area contributed by atoms with Crippen LogP contribution < -0.4 is 10.5 Å². The molecule has 0 aromatic heterocycles. The molecule has 0 unspecified atom stereocenters. The standard InChI is InChI=1S/C17H28N2O2/c1-2-20-17-8-11-19(12-9-17)13-14-21-16-5-3-15(4-6-16)7-10-18/h3-6,17H,2,7-14,18H2,1H3. The van der Waals surface area contributed by atoms with Crippen LogP contribution in [0.2, 0.25) is 0 Å². The molecule has 0 atom stereocenters. The van der Waals surface area contributed by atoms with Crippen LogP contribution in [0.3, 0.4) is 0 Å². The molecule has 1 aromatic carbocycles. The molecule has 1 saturated heterocycles. The van der Waals surface area contributed by atoms with Gasteiger partial charge >= 0.3 is 0 Å². The van der Waals surface area contributed by atoms with E-state index in [2.05, 4.69) is 24.0 Å². The van der Waals surface area contributed by atoms with Gasteiger partial charge < -0.3 is 15.2 Å². The Morgan fingerprint density at radius 3 is 2.52 bits per heavy atom. The van der Waals surface area contributed by atoms with Gasteiger partial charge in [0.05, 0.1) is 6.10 Å². The van der Waals surface area contributed by atoms with E-state index in [9.17, 15) is 0 Å². The minimum absolute atomic E-state index is 0.460. The van der Waals surface area contributed by atoms with Crippen molar-refractivity contribution in [2.24, 2.45) is 5.73 Å². The monoisotopic (exact) mass is 292 g/mol. The summed E-state index contributed by atoms with van der Waals surface area (Å²) in [5, 5.41) is 0. The first-order chi connectivity index (χ1) is 10.3. The van der Waals surface area contributed by atoms with Gasteiger partial charge in [-0.1, -0.05) is 12.1 Å². The Balaban J connectivity index is 1.63. The molecule has 21 heavy (non-hydrogen) atoms. The van der Waals surface area contributed by atoms with Gasteiger partial charge in [0.15, 0.2) is 0 Å². The van der Waals surface area contributed by atoms with E-state index in [0.717, 1.165) is 57.9 Å². The van der Waals surface area contributed by atoms with Crippen molar-refractivity contribution in [2.45, 2.75) is 32.3 Å². The van der Waals surface area contributed by atoms with E-state index in [1.54, 1.807) is 0 Å². The third-order valence-corrected chi connectivity index (χ3v) is 3.97. The molecule has 0 amide bonds. The van der Waals surface area contributed by atoms with Crippen LogP contribution in [0, 0.1) is 0 Å². The number of hydrogen-bond donors (Lipinski definition) is 1. The smallest absolute Gasteiger partial charge is 0.119 e. The van der Waals surface area contributed by atoms with Crippen molar-refractivity contribution < 1.29 is 9.47 Å². The van der Waals surface area contributed by atoms with Crippen molar-refractivity contribution in [2.75, 3.05) is 39.4 Å². The van der Waals surface area contributed by atoms with Gasteiger partial charge in [0.1, 0.15) is 12.4 Å². The highest BCUT2D eigenvalue weighted by Crippen LogP contribution is 2.15. The number of rotatable bonds is 8. The van der Waals surface area contributed by atoms with E-state index in [-0.39, 0.29) is 0 Å². The second-order valence-electron chi connectivity index (χ2n) is 5.53. The summed E-state index contributed by atoms with van der Waals surface area (Å²) >= 11 is 0. The molecule has 118 valence electrons. The second-order valence-corrected chi connectivity index (χ2v) is 5.53. The zero-order valence-electron chi connectivity index (χ0n) is 13.1. The lowest BCUT2D eigenvalue weighted by Crippen LogP contribution is -2.39. The topological polar surface area (TPSA) is 47.7 Å². The Morgan fingerprint density at radius 1 is 1.19 bits per heavy atom. The largest absolute Gasteiger partial charge is 0.492 e. The number of benzene rings is 1. The minimum atomic E-state index is 0.460. The molecule has 0 aliphatic carbocycles. The van der Waals surface area contributed by atoms with Crippen LogP contribution in [-0.4, -0.2) is 50.4 Å². The molecule has 2 rings (SSSR count). The van der Waals surface area contributed by atoms with Crippen LogP contribution in [0.15, 0.2) is 24.3 Å². The van der Waals surface area contributed by atoms with Crippen molar-refractivity contribution in [3.05, 3.63) is 29.8 Å². The average Bonchev–Trinajstić information content (AvgIpc) is 2.51. The van der Waals surface area contributed by atoms with E-state index < -0.39 is 0 Å². The second kappa shape index (κ2) is 9.03. The predicted molar refractivity (Wildman–Crippen MR) is 85.8 cm³/mol. The molecule has 0 saturated carbocycles. The zero-order valence-corrected chi connectivity index (χ0v) is 13.1. The summed E-state index contributed by atoms with van der Waals surface area (Å²) in [5.41, 5.74) is 6.81. The summed E-state index contributed by atoms with van der Waals surface area (Å²) in [5.74, 6) is 0.944. The molecule has 0 spiro atoms. The van der Waals surface area contributed by atoms with Gasteiger partial charge in [-0.2, -0.15) is 0 Å². The first kappa shape index (κ1) is 16.3. The molecular weight excluding hydrogens is 264 g/mol. The SMILES string of the molecule is CCOC1CCN(CCOc2ccc(CCN)cc2)CC1. The maximum Gasteiger partial charge on any atom is 0.119 e. The van der Waals surface area contributed by atoms with Crippen molar-refractivity contribution in [1.29, 1.82) is 0 Å². The minimum Gasteiger partial charge on any atom is -0.492 e. The average molecular weight is 292 g/mol. The summed E-state index contributed by atoms with van der Waals surface area (Å²) in [6.45, 7) is 7.55. The lowest BCUT2D eigenvalue weighted by Gasteiger charge is -2.31. The van der Waals surface area contributed by atoms with Crippen LogP contribution in [0.5, 0.6) is 5.75 Å². The Labute approximate surface area is 128 Å². The van der Waals surface area contributed by atoms with Crippen molar-refractivity contribution >= 4 is 0 Å². The fraction of sp³-hybridized carbons (Fsp3) is 0.647. The summed E-state index contributed by atoms with van der Waals surface area (Å²) in [7, 11) is 0. The summed E-state index contributed by atoms with van der Waals surface area (Å²) in [4.78, 5) is 2.46. The molecule has 4 nitrogen and oxygen atoms in total. The van der Waals surface area contributed by atoms with E-state index in [4.69, 9.17) is 15.2 Å². The van der Waals surface area contributed by atoms with Gasteiger partial charge in [0.2, 0.25) is 0 Å². The third-order valence-electron chi connectivity index (χ3n) is 3.97. The van der Waals surface area contributed by atoms with Crippen LogP contribution in [0.4, 0.5) is 0 Å². The van der Waals surface area contributed by atoms with Crippen LogP contribution in [0.25, 0.3) is 0 Å². The summed E-state index contributed by atoms with van der Waals surface area (Å²) in [6, 6.07) is 8.25. The van der Waals surface area contributed by atoms with Crippen LogP contribution in [-0.2, 0) is 11.2 Å². The third kappa shape index (κ3) is 5.65. The first-order valence-electron chi connectivity index (χ1n) is 8.07. The number of ether oxygens (including phenoxy) is 2. The van der Waals surface area contributed by atoms with Crippen molar-refractivity contribution in [1.82, 2.24) is 4.90 Å². The predicted octanol–water partition coefficient (Wildman–Crippen LogP) is 2.07. The number of hydrogen-bond acceptors (Lipinski definition) is 4. The van der Waals surface area contributed by atoms with Crippen molar-refractivity contribution in [3.8, 4) is 5.75 Å². The maximum atomic E-state index is 5.81. The van der Waals surface area contributed by atoms with E-state index in [0.29, 0.717) is 12.6 Å². The van der Waals surface area contributed by atoms with Gasteiger partial charge in [-0.25, -0.2) is 0 Å². The quantitative estimate of drug-likeness (QED) is 0.797. The molecule has 0 radical (unpaired) electrons. The highest BCUT2D eigenvalue weighted by Gasteiger charge is 2.18. The number of nitrogens with two attached hydrogens (primary N) is 1. The molecule has 1 heterocycles. The van der Waals surface area contributed by atoms with Crippen LogP contribution in [0.1, 0.15) is 25.3 Å². The Hall–Kier alpha value is -1.10. The Bertz CT molecular complexity index is 386. The van der Waals surface area contributed by atoms with Gasteiger partial charge in [-0.15, -0.1) is 0 Å². The molecule has 1 aliphatic rings. The number of likely N-dealkylation sites (tertiary alicyclic amines) is 1. The normalized spacial score (nSPS) is 17.0. The van der Waals surface area contributed by atoms with Crippen LogP contribution >= 0.6 is 0 Å². The lowest BCUT2D eigenvalue weighted by molar-refractivity contribution is 0.0119. The molecular formula is C17H28N2O2. The molecule has 0 bridgehead atoms. The highest BCUT2D eigenvalue weighted by atomic mass is 16.5. The van der Waals surface area contributed by atoms with Gasteiger partial charge in [-0.3, -0.25) is 4.90 Å².